The summed E-state index contributed by atoms with van der Waals surface area (Å²) in [5.41, 5.74) is 8.82. The van der Waals surface area contributed by atoms with Crippen LogP contribution in [-0.4, -0.2) is 29.5 Å². The summed E-state index contributed by atoms with van der Waals surface area (Å²) in [4.78, 5) is 11.9. The van der Waals surface area contributed by atoms with Gasteiger partial charge in [-0.2, -0.15) is 14.9 Å². The Hall–Kier alpha value is -4.39. The van der Waals surface area contributed by atoms with E-state index in [1.807, 2.05) is 30.3 Å². The zero-order valence-electron chi connectivity index (χ0n) is 15.7. The number of nitrogens with two attached hydrogens (primary N) is 1. The van der Waals surface area contributed by atoms with E-state index in [-0.39, 0.29) is 5.82 Å². The van der Waals surface area contributed by atoms with Gasteiger partial charge in [-0.05, 0) is 32.0 Å². The van der Waals surface area contributed by atoms with Crippen molar-refractivity contribution in [1.29, 1.82) is 0 Å². The van der Waals surface area contributed by atoms with Crippen molar-refractivity contribution in [1.82, 2.24) is 29.5 Å². The number of azo groups is 1. The van der Waals surface area contributed by atoms with Gasteiger partial charge in [-0.25, -0.2) is 19.5 Å². The zero-order chi connectivity index (χ0) is 20.4. The molecule has 0 saturated carbocycles. The van der Waals surface area contributed by atoms with Crippen molar-refractivity contribution in [2.45, 2.75) is 13.8 Å². The SMILES string of the molecule is [C-]#[N+]c1c(C)nn(-c2ccccc2)c1/N=N/c1c(C)nn(-c2ncccn2)c1N. The molecule has 3 aromatic heterocycles. The van der Waals surface area contributed by atoms with Crippen molar-refractivity contribution in [2.24, 2.45) is 10.2 Å². The first kappa shape index (κ1) is 18.0. The standard InChI is InChI=1S/C19H16N10/c1-12-15(17(20)29(27-12)19-22-10-7-11-23-19)24-25-18-16(21-3)13(2)26-28(18)14-8-5-4-6-9-14/h4-11H,20H2,1-2H3/b25-24+. The highest BCUT2D eigenvalue weighted by Crippen LogP contribution is 2.36. The molecule has 29 heavy (non-hydrogen) atoms. The first-order chi connectivity index (χ1) is 14.1. The fraction of sp³-hybridized carbons (Fsp3) is 0.105. The van der Waals surface area contributed by atoms with Crippen LogP contribution in [0.2, 0.25) is 0 Å². The summed E-state index contributed by atoms with van der Waals surface area (Å²) in [5, 5.41) is 17.4. The number of hydrogen-bond donors (Lipinski definition) is 1. The van der Waals surface area contributed by atoms with Gasteiger partial charge in [-0.3, -0.25) is 0 Å². The molecule has 0 amide bonds. The molecule has 0 atom stereocenters. The Morgan fingerprint density at radius 1 is 0.931 bits per heavy atom. The van der Waals surface area contributed by atoms with Gasteiger partial charge in [0.25, 0.3) is 11.6 Å². The fourth-order valence-electron chi connectivity index (χ4n) is 2.79. The number of para-hydroxylation sites is 1. The maximum absolute atomic E-state index is 7.50. The first-order valence-electron chi connectivity index (χ1n) is 8.67. The van der Waals surface area contributed by atoms with Crippen LogP contribution in [0.1, 0.15) is 11.4 Å². The van der Waals surface area contributed by atoms with Crippen LogP contribution in [-0.2, 0) is 0 Å². The van der Waals surface area contributed by atoms with Crippen LogP contribution in [0.3, 0.4) is 0 Å². The van der Waals surface area contributed by atoms with E-state index in [1.54, 1.807) is 37.0 Å². The van der Waals surface area contributed by atoms with Crippen LogP contribution in [0.25, 0.3) is 16.5 Å². The summed E-state index contributed by atoms with van der Waals surface area (Å²) >= 11 is 0. The van der Waals surface area contributed by atoms with Crippen molar-refractivity contribution < 1.29 is 0 Å². The highest BCUT2D eigenvalue weighted by atomic mass is 15.4. The highest BCUT2D eigenvalue weighted by molar-refractivity contribution is 5.69. The van der Waals surface area contributed by atoms with Crippen molar-refractivity contribution in [2.75, 3.05) is 5.73 Å². The molecule has 0 bridgehead atoms. The summed E-state index contributed by atoms with van der Waals surface area (Å²) in [6.45, 7) is 11.0. The number of anilines is 1. The molecule has 0 aliphatic rings. The molecule has 3 heterocycles. The minimum atomic E-state index is 0.254. The second-order valence-corrected chi connectivity index (χ2v) is 6.10. The van der Waals surface area contributed by atoms with Crippen LogP contribution >= 0.6 is 0 Å². The quantitative estimate of drug-likeness (QED) is 0.421. The second kappa shape index (κ2) is 7.32. The fourth-order valence-corrected chi connectivity index (χ4v) is 2.79. The van der Waals surface area contributed by atoms with Gasteiger partial charge in [-0.15, -0.1) is 10.2 Å². The first-order valence-corrected chi connectivity index (χ1v) is 8.67. The molecular formula is C19H16N10. The van der Waals surface area contributed by atoms with Crippen molar-refractivity contribution >= 4 is 23.0 Å². The van der Waals surface area contributed by atoms with Crippen LogP contribution in [0.5, 0.6) is 0 Å². The van der Waals surface area contributed by atoms with E-state index in [1.165, 1.54) is 4.68 Å². The normalized spacial score (nSPS) is 11.1. The van der Waals surface area contributed by atoms with Crippen LogP contribution in [0, 0.1) is 20.4 Å². The number of hydrogen-bond acceptors (Lipinski definition) is 7. The summed E-state index contributed by atoms with van der Waals surface area (Å²) in [6.07, 6.45) is 3.20. The number of nitrogen functional groups attached to an aromatic ring is 1. The van der Waals surface area contributed by atoms with Gasteiger partial charge < -0.3 is 5.73 Å². The lowest BCUT2D eigenvalue weighted by Crippen LogP contribution is -2.05. The predicted octanol–water partition coefficient (Wildman–Crippen LogP) is 4.01. The largest absolute Gasteiger partial charge is 0.382 e. The molecule has 0 unspecified atom stereocenters. The molecule has 0 saturated heterocycles. The lowest BCUT2D eigenvalue weighted by molar-refractivity contribution is 0.805. The van der Waals surface area contributed by atoms with E-state index in [0.29, 0.717) is 34.5 Å². The molecule has 1 aromatic carbocycles. The molecule has 0 fully saturated rings. The Kier molecular flexibility index (Phi) is 4.54. The van der Waals surface area contributed by atoms with Crippen molar-refractivity contribution in [3.63, 3.8) is 0 Å². The van der Waals surface area contributed by atoms with E-state index in [9.17, 15) is 0 Å². The monoisotopic (exact) mass is 384 g/mol. The summed E-state index contributed by atoms with van der Waals surface area (Å²) in [6, 6.07) is 11.1. The van der Waals surface area contributed by atoms with Gasteiger partial charge in [0.2, 0.25) is 0 Å². The minimum absolute atomic E-state index is 0.254. The maximum Gasteiger partial charge on any atom is 0.255 e. The van der Waals surface area contributed by atoms with E-state index < -0.39 is 0 Å². The lowest BCUT2D eigenvalue weighted by Gasteiger charge is -2.03. The number of rotatable bonds is 4. The topological polar surface area (TPSA) is 117 Å². The van der Waals surface area contributed by atoms with Crippen molar-refractivity contribution in [3.05, 3.63) is 71.6 Å². The van der Waals surface area contributed by atoms with Gasteiger partial charge in [0.15, 0.2) is 17.3 Å². The number of aryl methyl sites for hydroxylation is 2. The molecule has 4 rings (SSSR count). The van der Waals surface area contributed by atoms with Crippen LogP contribution < -0.4 is 5.73 Å². The third-order valence-corrected chi connectivity index (χ3v) is 4.17. The van der Waals surface area contributed by atoms with Gasteiger partial charge in [0.1, 0.15) is 0 Å². The lowest BCUT2D eigenvalue weighted by atomic mass is 10.3. The average molecular weight is 384 g/mol. The second-order valence-electron chi connectivity index (χ2n) is 6.10. The number of aromatic nitrogens is 6. The van der Waals surface area contributed by atoms with Crippen LogP contribution in [0.4, 0.5) is 23.0 Å². The Morgan fingerprint density at radius 2 is 1.62 bits per heavy atom. The van der Waals surface area contributed by atoms with E-state index in [0.717, 1.165) is 5.69 Å². The molecule has 4 aromatic rings. The molecule has 142 valence electrons. The predicted molar refractivity (Wildman–Crippen MR) is 107 cm³/mol. The maximum atomic E-state index is 7.50. The molecule has 10 heteroatoms. The Labute approximate surface area is 166 Å². The molecule has 10 nitrogen and oxygen atoms in total. The molecule has 0 spiro atoms. The third-order valence-electron chi connectivity index (χ3n) is 4.17. The average Bonchev–Trinajstić information content (AvgIpc) is 3.23. The summed E-state index contributed by atoms with van der Waals surface area (Å²) < 4.78 is 2.99. The van der Waals surface area contributed by atoms with Gasteiger partial charge in [-0.1, -0.05) is 18.2 Å². The Bertz CT molecular complexity index is 1230. The van der Waals surface area contributed by atoms with Gasteiger partial charge >= 0.3 is 0 Å². The van der Waals surface area contributed by atoms with Gasteiger partial charge in [0.05, 0.1) is 23.6 Å². The van der Waals surface area contributed by atoms with Crippen LogP contribution in [0.15, 0.2) is 59.0 Å². The molecule has 0 aliphatic heterocycles. The molecule has 0 aliphatic carbocycles. The highest BCUT2D eigenvalue weighted by Gasteiger charge is 2.19. The van der Waals surface area contributed by atoms with Gasteiger partial charge in [0, 0.05) is 12.4 Å². The smallest absolute Gasteiger partial charge is 0.255 e. The van der Waals surface area contributed by atoms with E-state index >= 15 is 0 Å². The Morgan fingerprint density at radius 3 is 2.31 bits per heavy atom. The molecular weight excluding hydrogens is 368 g/mol. The van der Waals surface area contributed by atoms with Crippen molar-refractivity contribution in [3.8, 4) is 11.6 Å². The van der Waals surface area contributed by atoms with E-state index in [2.05, 4.69) is 35.2 Å². The molecule has 2 N–H and O–H groups in total. The third kappa shape index (κ3) is 3.21. The molecule has 0 radical (unpaired) electrons. The Balaban J connectivity index is 1.80. The zero-order valence-corrected chi connectivity index (χ0v) is 15.7. The number of nitrogens with zero attached hydrogens (tertiary/aromatic N) is 9. The van der Waals surface area contributed by atoms with E-state index in [4.69, 9.17) is 12.3 Å². The summed E-state index contributed by atoms with van der Waals surface area (Å²) in [5.74, 6) is 0.914. The number of benzene rings is 1. The minimum Gasteiger partial charge on any atom is -0.382 e. The summed E-state index contributed by atoms with van der Waals surface area (Å²) in [7, 11) is 0.